The van der Waals surface area contributed by atoms with E-state index in [4.69, 9.17) is 17.3 Å². The van der Waals surface area contributed by atoms with Gasteiger partial charge in [-0.05, 0) is 31.2 Å². The fourth-order valence-electron chi connectivity index (χ4n) is 1.57. The lowest BCUT2D eigenvalue weighted by Gasteiger charge is -2.06. The third-order valence-corrected chi connectivity index (χ3v) is 2.62. The van der Waals surface area contributed by atoms with Crippen molar-refractivity contribution in [1.29, 1.82) is 0 Å². The molecule has 2 N–H and O–H groups in total. The van der Waals surface area contributed by atoms with Crippen LogP contribution in [0.1, 0.15) is 11.5 Å². The molecule has 88 valence electrons. The van der Waals surface area contributed by atoms with Crippen molar-refractivity contribution in [3.63, 3.8) is 0 Å². The lowest BCUT2D eigenvalue weighted by molar-refractivity contribution is 0.628. The smallest absolute Gasteiger partial charge is 0.126 e. The number of benzene rings is 1. The predicted octanol–water partition coefficient (Wildman–Crippen LogP) is 2.70. The van der Waals surface area contributed by atoms with Gasteiger partial charge in [-0.2, -0.15) is 0 Å². The van der Waals surface area contributed by atoms with E-state index in [1.165, 1.54) is 12.1 Å². The number of hydrogen-bond acceptors (Lipinski definition) is 3. The van der Waals surface area contributed by atoms with E-state index in [1.807, 2.05) is 0 Å². The highest BCUT2D eigenvalue weighted by atomic mass is 35.5. The van der Waals surface area contributed by atoms with E-state index in [1.54, 1.807) is 19.1 Å². The van der Waals surface area contributed by atoms with Crippen LogP contribution in [0.25, 0.3) is 11.3 Å². The van der Waals surface area contributed by atoms with E-state index in [0.29, 0.717) is 28.6 Å². The summed E-state index contributed by atoms with van der Waals surface area (Å²) in [5, 5.41) is 0.325. The van der Waals surface area contributed by atoms with Crippen molar-refractivity contribution in [1.82, 2.24) is 9.97 Å². The van der Waals surface area contributed by atoms with E-state index in [9.17, 15) is 4.39 Å². The average molecular weight is 252 g/mol. The van der Waals surface area contributed by atoms with Crippen molar-refractivity contribution in [3.8, 4) is 11.3 Å². The minimum atomic E-state index is -0.372. The van der Waals surface area contributed by atoms with Crippen molar-refractivity contribution < 1.29 is 4.39 Å². The molecule has 0 amide bonds. The molecule has 2 rings (SSSR count). The summed E-state index contributed by atoms with van der Waals surface area (Å²) >= 11 is 5.98. The van der Waals surface area contributed by atoms with Crippen LogP contribution in [0.4, 0.5) is 4.39 Å². The lowest BCUT2D eigenvalue weighted by Crippen LogP contribution is -2.03. The maximum Gasteiger partial charge on any atom is 0.126 e. The molecule has 0 aliphatic carbocycles. The van der Waals surface area contributed by atoms with Crippen LogP contribution in [-0.4, -0.2) is 9.97 Å². The highest BCUT2D eigenvalue weighted by molar-refractivity contribution is 6.33. The number of nitrogens with two attached hydrogens (primary N) is 1. The SMILES string of the molecule is Cc1nc(CN)cc(-c2ccc(F)cc2Cl)n1. The second kappa shape index (κ2) is 4.77. The third-order valence-electron chi connectivity index (χ3n) is 2.31. The molecule has 0 atom stereocenters. The van der Waals surface area contributed by atoms with Crippen LogP contribution in [0.3, 0.4) is 0 Å². The molecule has 0 aliphatic heterocycles. The van der Waals surface area contributed by atoms with Gasteiger partial charge >= 0.3 is 0 Å². The van der Waals surface area contributed by atoms with Crippen LogP contribution >= 0.6 is 11.6 Å². The summed E-state index contributed by atoms with van der Waals surface area (Å²) in [5.41, 5.74) is 7.60. The first-order valence-electron chi connectivity index (χ1n) is 5.10. The van der Waals surface area contributed by atoms with Crippen LogP contribution in [0.2, 0.25) is 5.02 Å². The fourth-order valence-corrected chi connectivity index (χ4v) is 1.83. The van der Waals surface area contributed by atoms with Gasteiger partial charge in [0, 0.05) is 12.1 Å². The zero-order valence-corrected chi connectivity index (χ0v) is 10.0. The number of nitrogens with zero attached hydrogens (tertiary/aromatic N) is 2. The topological polar surface area (TPSA) is 51.8 Å². The van der Waals surface area contributed by atoms with Crippen molar-refractivity contribution in [3.05, 3.63) is 46.6 Å². The molecule has 0 unspecified atom stereocenters. The number of halogens is 2. The van der Waals surface area contributed by atoms with E-state index in [0.717, 1.165) is 5.69 Å². The predicted molar refractivity (Wildman–Crippen MR) is 65.1 cm³/mol. The van der Waals surface area contributed by atoms with Crippen LogP contribution < -0.4 is 5.73 Å². The molecular weight excluding hydrogens is 241 g/mol. The Morgan fingerprint density at radius 3 is 2.71 bits per heavy atom. The Kier molecular flexibility index (Phi) is 3.36. The number of aryl methyl sites for hydroxylation is 1. The highest BCUT2D eigenvalue weighted by Crippen LogP contribution is 2.27. The number of aromatic nitrogens is 2. The summed E-state index contributed by atoms with van der Waals surface area (Å²) in [7, 11) is 0. The van der Waals surface area contributed by atoms with Gasteiger partial charge in [0.1, 0.15) is 11.6 Å². The molecule has 0 aliphatic rings. The van der Waals surface area contributed by atoms with Gasteiger partial charge in [-0.25, -0.2) is 14.4 Å². The van der Waals surface area contributed by atoms with E-state index >= 15 is 0 Å². The van der Waals surface area contributed by atoms with Gasteiger partial charge in [-0.3, -0.25) is 0 Å². The lowest BCUT2D eigenvalue weighted by atomic mass is 10.1. The first kappa shape index (κ1) is 12.0. The molecule has 0 bridgehead atoms. The fraction of sp³-hybridized carbons (Fsp3) is 0.167. The zero-order chi connectivity index (χ0) is 12.4. The minimum absolute atomic E-state index is 0.325. The summed E-state index contributed by atoms with van der Waals surface area (Å²) < 4.78 is 13.0. The summed E-state index contributed by atoms with van der Waals surface area (Å²) in [6, 6.07) is 5.96. The summed E-state index contributed by atoms with van der Waals surface area (Å²) in [5.74, 6) is 0.243. The van der Waals surface area contributed by atoms with Gasteiger partial charge in [0.2, 0.25) is 0 Å². The van der Waals surface area contributed by atoms with Gasteiger partial charge in [-0.1, -0.05) is 11.6 Å². The average Bonchev–Trinajstić information content (AvgIpc) is 2.28. The van der Waals surface area contributed by atoms with Gasteiger partial charge in [0.05, 0.1) is 16.4 Å². The van der Waals surface area contributed by atoms with E-state index < -0.39 is 0 Å². The second-order valence-electron chi connectivity index (χ2n) is 3.62. The Labute approximate surface area is 103 Å². The summed E-state index contributed by atoms with van der Waals surface area (Å²) in [6.07, 6.45) is 0. The maximum absolute atomic E-state index is 13.0. The highest BCUT2D eigenvalue weighted by Gasteiger charge is 2.08. The summed E-state index contributed by atoms with van der Waals surface area (Å²) in [6.45, 7) is 2.11. The Morgan fingerprint density at radius 1 is 1.29 bits per heavy atom. The normalized spacial score (nSPS) is 10.6. The Bertz CT molecular complexity index is 557. The van der Waals surface area contributed by atoms with E-state index in [-0.39, 0.29) is 5.82 Å². The minimum Gasteiger partial charge on any atom is -0.325 e. The van der Waals surface area contributed by atoms with Crippen molar-refractivity contribution in [2.75, 3.05) is 0 Å². The maximum atomic E-state index is 13.0. The summed E-state index contributed by atoms with van der Waals surface area (Å²) in [4.78, 5) is 8.44. The standard InChI is InChI=1S/C12H11ClFN3/c1-7-16-9(6-15)5-12(17-7)10-3-2-8(14)4-11(10)13/h2-5H,6,15H2,1H3. The monoisotopic (exact) mass is 251 g/mol. The molecule has 3 nitrogen and oxygen atoms in total. The Hall–Kier alpha value is -1.52. The van der Waals surface area contributed by atoms with Gasteiger partial charge < -0.3 is 5.73 Å². The molecule has 0 saturated carbocycles. The number of hydrogen-bond donors (Lipinski definition) is 1. The first-order chi connectivity index (χ1) is 8.10. The van der Waals surface area contributed by atoms with Gasteiger partial charge in [-0.15, -0.1) is 0 Å². The first-order valence-corrected chi connectivity index (χ1v) is 5.48. The molecule has 0 spiro atoms. The number of rotatable bonds is 2. The Balaban J connectivity index is 2.55. The molecule has 1 heterocycles. The van der Waals surface area contributed by atoms with Crippen LogP contribution in [0.5, 0.6) is 0 Å². The van der Waals surface area contributed by atoms with Crippen LogP contribution in [0.15, 0.2) is 24.3 Å². The molecule has 1 aromatic carbocycles. The molecule has 17 heavy (non-hydrogen) atoms. The van der Waals surface area contributed by atoms with Crippen LogP contribution in [-0.2, 0) is 6.54 Å². The van der Waals surface area contributed by atoms with E-state index in [2.05, 4.69) is 9.97 Å². The van der Waals surface area contributed by atoms with Gasteiger partial charge in [0.25, 0.3) is 0 Å². The quantitative estimate of drug-likeness (QED) is 0.893. The molecular formula is C12H11ClFN3. The van der Waals surface area contributed by atoms with Crippen molar-refractivity contribution in [2.24, 2.45) is 5.73 Å². The van der Waals surface area contributed by atoms with Crippen LogP contribution in [0, 0.1) is 12.7 Å². The largest absolute Gasteiger partial charge is 0.325 e. The zero-order valence-electron chi connectivity index (χ0n) is 9.24. The molecule has 0 saturated heterocycles. The second-order valence-corrected chi connectivity index (χ2v) is 4.03. The molecule has 5 heteroatoms. The third kappa shape index (κ3) is 2.60. The Morgan fingerprint density at radius 2 is 2.06 bits per heavy atom. The molecule has 2 aromatic rings. The molecule has 0 fully saturated rings. The van der Waals surface area contributed by atoms with Crippen molar-refractivity contribution in [2.45, 2.75) is 13.5 Å². The molecule has 1 aromatic heterocycles. The molecule has 0 radical (unpaired) electrons. The van der Waals surface area contributed by atoms with Crippen molar-refractivity contribution >= 4 is 11.6 Å². The van der Waals surface area contributed by atoms with Gasteiger partial charge in [0.15, 0.2) is 0 Å².